The molecule has 0 saturated heterocycles. The van der Waals surface area contributed by atoms with E-state index in [0.29, 0.717) is 5.92 Å². The van der Waals surface area contributed by atoms with E-state index in [1.165, 1.54) is 12.8 Å². The van der Waals surface area contributed by atoms with Gasteiger partial charge in [0.1, 0.15) is 11.4 Å². The van der Waals surface area contributed by atoms with Gasteiger partial charge in [0, 0.05) is 12.7 Å². The molecule has 0 bridgehead atoms. The molecule has 3 nitrogen and oxygen atoms in total. The molecule has 4 heteroatoms. The van der Waals surface area contributed by atoms with Crippen LogP contribution in [0.15, 0.2) is 29.0 Å². The first-order chi connectivity index (χ1) is 7.84. The van der Waals surface area contributed by atoms with Crippen molar-refractivity contribution in [3.05, 3.63) is 24.6 Å². The van der Waals surface area contributed by atoms with E-state index < -0.39 is 0 Å². The molecule has 1 aliphatic rings. The van der Waals surface area contributed by atoms with Gasteiger partial charge >= 0.3 is 0 Å². The standard InChI is InChI=1S/C12H13ClN2O/c13-10(8-1-2-8)7-15-12-9-4-6-16-11(9)3-5-14-12/h3-6,8,10H,1-2,7H2,(H,14,15). The lowest BCUT2D eigenvalue weighted by Crippen LogP contribution is -2.16. The second-order valence-electron chi connectivity index (χ2n) is 4.23. The van der Waals surface area contributed by atoms with Gasteiger partial charge in [-0.1, -0.05) is 0 Å². The predicted molar refractivity (Wildman–Crippen MR) is 64.9 cm³/mol. The molecule has 1 atom stereocenters. The van der Waals surface area contributed by atoms with Crippen LogP contribution in [-0.4, -0.2) is 16.9 Å². The van der Waals surface area contributed by atoms with Crippen LogP contribution in [-0.2, 0) is 0 Å². The van der Waals surface area contributed by atoms with Gasteiger partial charge in [-0.05, 0) is 30.9 Å². The maximum absolute atomic E-state index is 6.24. The smallest absolute Gasteiger partial charge is 0.139 e. The number of nitrogens with one attached hydrogen (secondary N) is 1. The van der Waals surface area contributed by atoms with Crippen LogP contribution in [0.2, 0.25) is 0 Å². The Hall–Kier alpha value is -1.22. The fourth-order valence-electron chi connectivity index (χ4n) is 1.85. The van der Waals surface area contributed by atoms with Crippen molar-refractivity contribution in [2.24, 2.45) is 5.92 Å². The van der Waals surface area contributed by atoms with Crippen molar-refractivity contribution in [2.75, 3.05) is 11.9 Å². The van der Waals surface area contributed by atoms with Gasteiger partial charge in [0.2, 0.25) is 0 Å². The van der Waals surface area contributed by atoms with Crippen molar-refractivity contribution in [3.8, 4) is 0 Å². The number of alkyl halides is 1. The summed E-state index contributed by atoms with van der Waals surface area (Å²) >= 11 is 6.24. The number of halogens is 1. The summed E-state index contributed by atoms with van der Waals surface area (Å²) in [6, 6.07) is 3.78. The highest BCUT2D eigenvalue weighted by atomic mass is 35.5. The molecule has 0 spiro atoms. The van der Waals surface area contributed by atoms with Crippen molar-refractivity contribution in [1.29, 1.82) is 0 Å². The van der Waals surface area contributed by atoms with Gasteiger partial charge < -0.3 is 9.73 Å². The van der Waals surface area contributed by atoms with Crippen molar-refractivity contribution in [3.63, 3.8) is 0 Å². The van der Waals surface area contributed by atoms with Crippen molar-refractivity contribution in [2.45, 2.75) is 18.2 Å². The summed E-state index contributed by atoms with van der Waals surface area (Å²) in [7, 11) is 0. The first-order valence-corrected chi connectivity index (χ1v) is 5.98. The van der Waals surface area contributed by atoms with Crippen molar-refractivity contribution >= 4 is 28.4 Å². The highest BCUT2D eigenvalue weighted by Gasteiger charge is 2.29. The molecule has 2 heterocycles. The minimum Gasteiger partial charge on any atom is -0.464 e. The number of hydrogen-bond acceptors (Lipinski definition) is 3. The molecular weight excluding hydrogens is 224 g/mol. The third-order valence-corrected chi connectivity index (χ3v) is 3.49. The normalized spacial score (nSPS) is 17.6. The van der Waals surface area contributed by atoms with E-state index in [1.54, 1.807) is 12.5 Å². The zero-order chi connectivity index (χ0) is 11.0. The van der Waals surface area contributed by atoms with E-state index in [0.717, 1.165) is 23.3 Å². The topological polar surface area (TPSA) is 38.1 Å². The molecule has 2 aromatic heterocycles. The molecule has 2 aromatic rings. The molecule has 0 radical (unpaired) electrons. The average Bonchev–Trinajstić information content (AvgIpc) is 3.04. The molecule has 1 saturated carbocycles. The summed E-state index contributed by atoms with van der Waals surface area (Å²) in [6.07, 6.45) is 5.95. The number of pyridine rings is 1. The van der Waals surface area contributed by atoms with Crippen LogP contribution in [0.5, 0.6) is 0 Å². The third kappa shape index (κ3) is 1.87. The molecule has 1 N–H and O–H groups in total. The van der Waals surface area contributed by atoms with Gasteiger partial charge in [-0.15, -0.1) is 11.6 Å². The third-order valence-electron chi connectivity index (χ3n) is 2.98. The molecule has 3 rings (SSSR count). The van der Waals surface area contributed by atoms with E-state index >= 15 is 0 Å². The molecule has 0 aliphatic heterocycles. The highest BCUT2D eigenvalue weighted by Crippen LogP contribution is 2.35. The van der Waals surface area contributed by atoms with Gasteiger partial charge in [-0.3, -0.25) is 0 Å². The Kier molecular flexibility index (Phi) is 2.48. The van der Waals surface area contributed by atoms with Crippen LogP contribution in [0.1, 0.15) is 12.8 Å². The Balaban J connectivity index is 1.75. The number of hydrogen-bond donors (Lipinski definition) is 1. The summed E-state index contributed by atoms with van der Waals surface area (Å²) in [4.78, 5) is 4.30. The number of furan rings is 1. The summed E-state index contributed by atoms with van der Waals surface area (Å²) < 4.78 is 5.31. The number of nitrogens with zero attached hydrogens (tertiary/aromatic N) is 1. The SMILES string of the molecule is ClC(CNc1nccc2occc12)C1CC1. The fraction of sp³-hybridized carbons (Fsp3) is 0.417. The minimum atomic E-state index is 0.212. The second kappa shape index (κ2) is 3.98. The molecule has 84 valence electrons. The lowest BCUT2D eigenvalue weighted by atomic mass is 10.2. The van der Waals surface area contributed by atoms with Gasteiger partial charge in [0.25, 0.3) is 0 Å². The highest BCUT2D eigenvalue weighted by molar-refractivity contribution is 6.21. The van der Waals surface area contributed by atoms with E-state index in [9.17, 15) is 0 Å². The number of aromatic nitrogens is 1. The van der Waals surface area contributed by atoms with Gasteiger partial charge in [-0.25, -0.2) is 4.98 Å². The molecule has 0 amide bonds. The summed E-state index contributed by atoms with van der Waals surface area (Å²) in [6.45, 7) is 0.767. The molecule has 0 aromatic carbocycles. The molecule has 1 unspecified atom stereocenters. The maximum atomic E-state index is 6.24. The zero-order valence-corrected chi connectivity index (χ0v) is 9.57. The Bertz CT molecular complexity index is 492. The first kappa shape index (κ1) is 9.97. The van der Waals surface area contributed by atoms with E-state index in [-0.39, 0.29) is 5.38 Å². The molecule has 1 aliphatic carbocycles. The first-order valence-electron chi connectivity index (χ1n) is 5.55. The lowest BCUT2D eigenvalue weighted by Gasteiger charge is -2.10. The van der Waals surface area contributed by atoms with Crippen LogP contribution in [0.25, 0.3) is 11.0 Å². The van der Waals surface area contributed by atoms with Crippen LogP contribution in [0.4, 0.5) is 5.82 Å². The Morgan fingerprint density at radius 3 is 3.19 bits per heavy atom. The van der Waals surface area contributed by atoms with Crippen LogP contribution < -0.4 is 5.32 Å². The monoisotopic (exact) mass is 236 g/mol. The maximum Gasteiger partial charge on any atom is 0.139 e. The number of rotatable bonds is 4. The molecule has 16 heavy (non-hydrogen) atoms. The van der Waals surface area contributed by atoms with E-state index in [1.807, 2.05) is 12.1 Å². The van der Waals surface area contributed by atoms with Gasteiger partial charge in [0.15, 0.2) is 0 Å². The predicted octanol–water partition coefficient (Wildman–Crippen LogP) is 3.26. The summed E-state index contributed by atoms with van der Waals surface area (Å²) in [5.74, 6) is 1.55. The van der Waals surface area contributed by atoms with Crippen LogP contribution >= 0.6 is 11.6 Å². The molecule has 1 fully saturated rings. The average molecular weight is 237 g/mol. The van der Waals surface area contributed by atoms with Crippen LogP contribution in [0, 0.1) is 5.92 Å². The van der Waals surface area contributed by atoms with Crippen molar-refractivity contribution in [1.82, 2.24) is 4.98 Å². The van der Waals surface area contributed by atoms with Crippen molar-refractivity contribution < 1.29 is 4.42 Å². The second-order valence-corrected chi connectivity index (χ2v) is 4.79. The largest absolute Gasteiger partial charge is 0.464 e. The van der Waals surface area contributed by atoms with E-state index in [4.69, 9.17) is 16.0 Å². The fourth-order valence-corrected chi connectivity index (χ4v) is 2.18. The summed E-state index contributed by atoms with van der Waals surface area (Å²) in [5.41, 5.74) is 0.857. The Morgan fingerprint density at radius 2 is 2.38 bits per heavy atom. The Morgan fingerprint density at radius 1 is 1.50 bits per heavy atom. The quantitative estimate of drug-likeness (QED) is 0.829. The van der Waals surface area contributed by atoms with Gasteiger partial charge in [0.05, 0.1) is 17.0 Å². The lowest BCUT2D eigenvalue weighted by molar-refractivity contribution is 0.615. The molecular formula is C12H13ClN2O. The Labute approximate surface area is 98.8 Å². The van der Waals surface area contributed by atoms with Gasteiger partial charge in [-0.2, -0.15) is 0 Å². The number of fused-ring (bicyclic) bond motifs is 1. The number of anilines is 1. The minimum absolute atomic E-state index is 0.212. The summed E-state index contributed by atoms with van der Waals surface area (Å²) in [5, 5.41) is 4.52. The van der Waals surface area contributed by atoms with E-state index in [2.05, 4.69) is 10.3 Å². The van der Waals surface area contributed by atoms with Crippen LogP contribution in [0.3, 0.4) is 0 Å². The zero-order valence-electron chi connectivity index (χ0n) is 8.82.